The predicted octanol–water partition coefficient (Wildman–Crippen LogP) is 1.69. The summed E-state index contributed by atoms with van der Waals surface area (Å²) >= 11 is 0. The average molecular weight is 169 g/mol. The first kappa shape index (κ1) is 7.56. The molecule has 3 heteroatoms. The minimum absolute atomic E-state index is 0.560. The topological polar surface area (TPSA) is 62.7 Å². The Hall–Kier alpha value is -2.08. The number of pyridine rings is 1. The summed E-state index contributed by atoms with van der Waals surface area (Å²) < 4.78 is 0. The molecular weight excluding hydrogens is 162 g/mol. The molecule has 0 saturated heterocycles. The van der Waals surface area contributed by atoms with E-state index in [2.05, 4.69) is 11.1 Å². The van der Waals surface area contributed by atoms with Crippen LogP contribution in [0.5, 0.6) is 0 Å². The van der Waals surface area contributed by atoms with Crippen molar-refractivity contribution in [2.45, 2.75) is 0 Å². The molecule has 0 amide bonds. The summed E-state index contributed by atoms with van der Waals surface area (Å²) in [6.07, 6.45) is 1.66. The minimum atomic E-state index is 0.560. The SMILES string of the molecule is N#Cc1ccc(N)c2cccnc12. The molecule has 0 saturated carbocycles. The second-order valence-electron chi connectivity index (χ2n) is 2.71. The number of nitrogens with two attached hydrogens (primary N) is 1. The molecule has 0 spiro atoms. The highest BCUT2D eigenvalue weighted by Crippen LogP contribution is 2.21. The van der Waals surface area contributed by atoms with Crippen LogP contribution >= 0.6 is 0 Å². The molecule has 0 aliphatic carbocycles. The Bertz CT molecular complexity index is 497. The van der Waals surface area contributed by atoms with E-state index in [1.165, 1.54) is 0 Å². The Balaban J connectivity index is 2.95. The highest BCUT2D eigenvalue weighted by Gasteiger charge is 2.02. The molecule has 1 aromatic heterocycles. The van der Waals surface area contributed by atoms with Crippen LogP contribution < -0.4 is 5.73 Å². The number of nitrogens with zero attached hydrogens (tertiary/aromatic N) is 2. The number of aromatic nitrogens is 1. The van der Waals surface area contributed by atoms with Gasteiger partial charge >= 0.3 is 0 Å². The lowest BCUT2D eigenvalue weighted by Crippen LogP contribution is -1.90. The van der Waals surface area contributed by atoms with Crippen molar-refractivity contribution in [2.75, 3.05) is 5.73 Å². The third-order valence-corrected chi connectivity index (χ3v) is 1.92. The van der Waals surface area contributed by atoms with E-state index in [0.717, 1.165) is 5.39 Å². The van der Waals surface area contributed by atoms with Gasteiger partial charge in [-0.1, -0.05) is 0 Å². The summed E-state index contributed by atoms with van der Waals surface area (Å²) in [5, 5.41) is 9.63. The first-order valence-corrected chi connectivity index (χ1v) is 3.86. The molecule has 0 aliphatic heterocycles. The van der Waals surface area contributed by atoms with Crippen molar-refractivity contribution in [1.82, 2.24) is 4.98 Å². The number of fused-ring (bicyclic) bond motifs is 1. The van der Waals surface area contributed by atoms with E-state index in [1.54, 1.807) is 24.4 Å². The molecule has 0 fully saturated rings. The van der Waals surface area contributed by atoms with Crippen molar-refractivity contribution >= 4 is 16.6 Å². The monoisotopic (exact) mass is 169 g/mol. The largest absolute Gasteiger partial charge is 0.398 e. The van der Waals surface area contributed by atoms with E-state index in [4.69, 9.17) is 11.0 Å². The van der Waals surface area contributed by atoms with Gasteiger partial charge in [0, 0.05) is 17.3 Å². The molecule has 0 bridgehead atoms. The fourth-order valence-electron chi connectivity index (χ4n) is 1.28. The zero-order valence-corrected chi connectivity index (χ0v) is 6.86. The molecular formula is C10H7N3. The quantitative estimate of drug-likeness (QED) is 0.610. The number of hydrogen-bond donors (Lipinski definition) is 1. The van der Waals surface area contributed by atoms with Gasteiger partial charge in [0.25, 0.3) is 0 Å². The van der Waals surface area contributed by atoms with Crippen molar-refractivity contribution < 1.29 is 0 Å². The Morgan fingerprint density at radius 2 is 2.15 bits per heavy atom. The molecule has 2 aromatic rings. The first-order chi connectivity index (χ1) is 6.33. The number of benzene rings is 1. The predicted molar refractivity (Wildman–Crippen MR) is 50.9 cm³/mol. The zero-order chi connectivity index (χ0) is 9.26. The van der Waals surface area contributed by atoms with Crippen molar-refractivity contribution in [3.63, 3.8) is 0 Å². The van der Waals surface area contributed by atoms with E-state index < -0.39 is 0 Å². The summed E-state index contributed by atoms with van der Waals surface area (Å²) in [5.41, 5.74) is 7.62. The van der Waals surface area contributed by atoms with Crippen LogP contribution in [0.3, 0.4) is 0 Å². The van der Waals surface area contributed by atoms with Crippen LogP contribution in [0.25, 0.3) is 10.9 Å². The van der Waals surface area contributed by atoms with Crippen LogP contribution in [0.1, 0.15) is 5.56 Å². The second kappa shape index (κ2) is 2.76. The van der Waals surface area contributed by atoms with Crippen molar-refractivity contribution in [1.29, 1.82) is 5.26 Å². The molecule has 1 heterocycles. The van der Waals surface area contributed by atoms with E-state index in [1.807, 2.05) is 6.07 Å². The molecule has 62 valence electrons. The summed E-state index contributed by atoms with van der Waals surface area (Å²) in [7, 11) is 0. The third-order valence-electron chi connectivity index (χ3n) is 1.92. The highest BCUT2D eigenvalue weighted by atomic mass is 14.7. The third kappa shape index (κ3) is 1.09. The highest BCUT2D eigenvalue weighted by molar-refractivity contribution is 5.93. The molecule has 2 N–H and O–H groups in total. The standard InChI is InChI=1S/C10H7N3/c11-6-7-3-4-9(12)8-2-1-5-13-10(7)8/h1-5H,12H2. The van der Waals surface area contributed by atoms with Crippen molar-refractivity contribution in [3.8, 4) is 6.07 Å². The summed E-state index contributed by atoms with van der Waals surface area (Å²) in [6.45, 7) is 0. The van der Waals surface area contributed by atoms with Gasteiger partial charge in [-0.15, -0.1) is 0 Å². The van der Waals surface area contributed by atoms with Crippen LogP contribution in [0.4, 0.5) is 5.69 Å². The fourth-order valence-corrected chi connectivity index (χ4v) is 1.28. The lowest BCUT2D eigenvalue weighted by atomic mass is 10.1. The molecule has 3 nitrogen and oxygen atoms in total. The minimum Gasteiger partial charge on any atom is -0.398 e. The molecule has 0 aliphatic rings. The van der Waals surface area contributed by atoms with Crippen molar-refractivity contribution in [3.05, 3.63) is 36.0 Å². The Morgan fingerprint density at radius 3 is 2.92 bits per heavy atom. The summed E-state index contributed by atoms with van der Waals surface area (Å²) in [6, 6.07) is 9.15. The summed E-state index contributed by atoms with van der Waals surface area (Å²) in [5.74, 6) is 0. The maximum Gasteiger partial charge on any atom is 0.101 e. The number of hydrogen-bond acceptors (Lipinski definition) is 3. The normalized spacial score (nSPS) is 9.77. The van der Waals surface area contributed by atoms with Crippen LogP contribution in [-0.2, 0) is 0 Å². The van der Waals surface area contributed by atoms with Gasteiger partial charge in [0.2, 0.25) is 0 Å². The number of nitrogen functional groups attached to an aromatic ring is 1. The van der Waals surface area contributed by atoms with Gasteiger partial charge in [-0.05, 0) is 24.3 Å². The van der Waals surface area contributed by atoms with E-state index >= 15 is 0 Å². The van der Waals surface area contributed by atoms with Crippen molar-refractivity contribution in [2.24, 2.45) is 0 Å². The van der Waals surface area contributed by atoms with E-state index in [0.29, 0.717) is 16.8 Å². The van der Waals surface area contributed by atoms with E-state index in [9.17, 15) is 0 Å². The zero-order valence-electron chi connectivity index (χ0n) is 6.86. The molecule has 13 heavy (non-hydrogen) atoms. The van der Waals surface area contributed by atoms with Crippen LogP contribution in [0.15, 0.2) is 30.5 Å². The number of anilines is 1. The molecule has 2 rings (SSSR count). The molecule has 0 unspecified atom stereocenters. The smallest absolute Gasteiger partial charge is 0.101 e. The lowest BCUT2D eigenvalue weighted by molar-refractivity contribution is 1.39. The Labute approximate surface area is 75.4 Å². The number of nitriles is 1. The lowest BCUT2D eigenvalue weighted by Gasteiger charge is -2.01. The van der Waals surface area contributed by atoms with Crippen LogP contribution in [-0.4, -0.2) is 4.98 Å². The maximum absolute atomic E-state index is 8.80. The van der Waals surface area contributed by atoms with Gasteiger partial charge in [-0.25, -0.2) is 0 Å². The molecule has 1 aromatic carbocycles. The maximum atomic E-state index is 8.80. The van der Waals surface area contributed by atoms with Gasteiger partial charge in [0.1, 0.15) is 6.07 Å². The van der Waals surface area contributed by atoms with Gasteiger partial charge < -0.3 is 5.73 Å². The first-order valence-electron chi connectivity index (χ1n) is 3.86. The van der Waals surface area contributed by atoms with Gasteiger partial charge in [0.15, 0.2) is 0 Å². The number of rotatable bonds is 0. The van der Waals surface area contributed by atoms with Crippen LogP contribution in [0, 0.1) is 11.3 Å². The average Bonchev–Trinajstić information content (AvgIpc) is 2.19. The molecule has 0 atom stereocenters. The van der Waals surface area contributed by atoms with Crippen LogP contribution in [0.2, 0.25) is 0 Å². The second-order valence-corrected chi connectivity index (χ2v) is 2.71. The molecule has 0 radical (unpaired) electrons. The van der Waals surface area contributed by atoms with Gasteiger partial charge in [0.05, 0.1) is 11.1 Å². The Morgan fingerprint density at radius 1 is 1.31 bits per heavy atom. The van der Waals surface area contributed by atoms with Gasteiger partial charge in [-0.3, -0.25) is 4.98 Å². The summed E-state index contributed by atoms with van der Waals surface area (Å²) in [4.78, 5) is 4.11. The van der Waals surface area contributed by atoms with Gasteiger partial charge in [-0.2, -0.15) is 5.26 Å². The van der Waals surface area contributed by atoms with E-state index in [-0.39, 0.29) is 0 Å². The Kier molecular flexibility index (Phi) is 1.60. The fraction of sp³-hybridized carbons (Fsp3) is 0.